The third-order valence-electron chi connectivity index (χ3n) is 5.74. The fourth-order valence-electron chi connectivity index (χ4n) is 3.88. The van der Waals surface area contributed by atoms with Crippen molar-refractivity contribution in [2.24, 2.45) is 0 Å². The van der Waals surface area contributed by atoms with Gasteiger partial charge in [-0.15, -0.1) is 0 Å². The lowest BCUT2D eigenvalue weighted by atomic mass is 10.2. The first-order valence-corrected chi connectivity index (χ1v) is 12.0. The average Bonchev–Trinajstić information content (AvgIpc) is 2.82. The molecule has 1 aliphatic heterocycles. The Balaban J connectivity index is -0.000000120. The first-order chi connectivity index (χ1) is 15.9. The minimum atomic E-state index is 0. The molecule has 2 aromatic rings. The Hall–Kier alpha value is -0.200. The summed E-state index contributed by atoms with van der Waals surface area (Å²) in [6.07, 6.45) is 0. The van der Waals surface area contributed by atoms with E-state index in [1.807, 2.05) is 0 Å². The Morgan fingerprint density at radius 3 is 0.841 bits per heavy atom. The van der Waals surface area contributed by atoms with Crippen molar-refractivity contribution in [3.63, 3.8) is 0 Å². The number of halogens is 4. The van der Waals surface area contributed by atoms with E-state index in [4.69, 9.17) is 18.9 Å². The van der Waals surface area contributed by atoms with Crippen LogP contribution in [0.3, 0.4) is 0 Å². The number of nitrogens with one attached hydrogen (secondary N) is 2. The molecule has 0 spiro atoms. The zero-order valence-electron chi connectivity index (χ0n) is 25.0. The SMILES string of the molecule is O.O.O.O.O.O.[Br-].[Br-].[Br-].[Br-].[OH3+].[OH3+].c1ccc(C[NH+]2CCOCCOCC[NH+](Cc3ccccc3)CCOCCOCC2)cc1. The van der Waals surface area contributed by atoms with E-state index in [1.165, 1.54) is 20.9 Å². The average molecular weight is 910 g/mol. The van der Waals surface area contributed by atoms with Gasteiger partial charge in [-0.05, 0) is 0 Å². The number of quaternary nitrogens is 2. The van der Waals surface area contributed by atoms with E-state index in [0.29, 0.717) is 26.4 Å². The van der Waals surface area contributed by atoms with E-state index < -0.39 is 0 Å². The van der Waals surface area contributed by atoms with Crippen molar-refractivity contribution in [1.82, 2.24) is 0 Å². The van der Waals surface area contributed by atoms with E-state index >= 15 is 0 Å². The number of hydrogen-bond acceptors (Lipinski definition) is 4. The summed E-state index contributed by atoms with van der Waals surface area (Å²) < 4.78 is 23.4. The molecule has 1 saturated heterocycles. The van der Waals surface area contributed by atoms with Gasteiger partial charge >= 0.3 is 0 Å². The predicted molar refractivity (Wildman–Crippen MR) is 156 cm³/mol. The van der Waals surface area contributed by atoms with Gasteiger partial charge in [-0.3, -0.25) is 0 Å². The van der Waals surface area contributed by atoms with Gasteiger partial charge in [0, 0.05) is 11.1 Å². The van der Waals surface area contributed by atoms with Gasteiger partial charge in [0.15, 0.2) is 0 Å². The summed E-state index contributed by atoms with van der Waals surface area (Å²) in [6.45, 7) is 11.3. The van der Waals surface area contributed by atoms with Crippen LogP contribution in [0.5, 0.6) is 0 Å². The first-order valence-electron chi connectivity index (χ1n) is 12.0. The number of hydrogen-bond donors (Lipinski definition) is 2. The quantitative estimate of drug-likeness (QED) is 0.283. The second-order valence-corrected chi connectivity index (χ2v) is 8.27. The first kappa shape index (κ1) is 70.2. The summed E-state index contributed by atoms with van der Waals surface area (Å²) in [5.74, 6) is 0. The molecule has 3 rings (SSSR count). The Bertz CT molecular complexity index is 657. The lowest BCUT2D eigenvalue weighted by molar-refractivity contribution is -0.915. The van der Waals surface area contributed by atoms with Crippen LogP contribution in [-0.4, -0.2) is 112 Å². The molecule has 0 unspecified atom stereocenters. The minimum Gasteiger partial charge on any atom is -1.00 e. The molecule has 0 aromatic heterocycles. The highest BCUT2D eigenvalue weighted by Crippen LogP contribution is 1.96. The van der Waals surface area contributed by atoms with Gasteiger partial charge < -0.3 is 140 Å². The molecule has 20 N–H and O–H groups in total. The van der Waals surface area contributed by atoms with Crippen LogP contribution < -0.4 is 77.7 Å². The topological polar surface area (TPSA) is 301 Å². The number of rotatable bonds is 4. The van der Waals surface area contributed by atoms with Crippen molar-refractivity contribution >= 4 is 0 Å². The lowest BCUT2D eigenvalue weighted by Gasteiger charge is -2.21. The molecule has 0 radical (unpaired) electrons. The van der Waals surface area contributed by atoms with E-state index in [9.17, 15) is 0 Å². The van der Waals surface area contributed by atoms with Crippen LogP contribution >= 0.6 is 0 Å². The normalized spacial score (nSPS) is 16.8. The van der Waals surface area contributed by atoms with Crippen LogP contribution in [0.15, 0.2) is 60.7 Å². The molecule has 0 atom stereocenters. The molecule has 1 fully saturated rings. The van der Waals surface area contributed by atoms with Crippen LogP contribution in [0, 0.1) is 0 Å². The maximum Gasteiger partial charge on any atom is 0.103 e. The van der Waals surface area contributed by atoms with Crippen molar-refractivity contribution in [3.8, 4) is 0 Å². The molecule has 0 bridgehead atoms. The van der Waals surface area contributed by atoms with Crippen molar-refractivity contribution < 1.29 is 140 Å². The standard InChI is InChI=1S/C26H38N2O4.4BrH.8H2O/c1-3-7-25(8-4-1)23-27-11-15-29-19-21-31-17-13-28(24-26-9-5-2-6-10-26)14-18-32-22-20-30-16-12-27;;;;;;;;;;;;/h1-10H,11-24H2;4*1H;8*1H2. The van der Waals surface area contributed by atoms with E-state index in [1.54, 1.807) is 0 Å². The van der Waals surface area contributed by atoms with Gasteiger partial charge in [-0.2, -0.15) is 0 Å². The third kappa shape index (κ3) is 33.2. The lowest BCUT2D eigenvalue weighted by Crippen LogP contribution is -3.11. The minimum absolute atomic E-state index is 0. The highest BCUT2D eigenvalue weighted by molar-refractivity contribution is 5.13. The summed E-state index contributed by atoms with van der Waals surface area (Å²) in [5, 5.41) is 0. The molecular formula is C26H58Br4N2O12. The second kappa shape index (κ2) is 47.2. The summed E-state index contributed by atoms with van der Waals surface area (Å²) in [7, 11) is 0. The molecular weight excluding hydrogens is 852 g/mol. The van der Waals surface area contributed by atoms with Crippen LogP contribution in [0.1, 0.15) is 11.1 Å². The molecule has 272 valence electrons. The Kier molecular flexibility index (Phi) is 75.4. The van der Waals surface area contributed by atoms with Gasteiger partial charge in [0.2, 0.25) is 0 Å². The van der Waals surface area contributed by atoms with Crippen LogP contribution in [0.2, 0.25) is 0 Å². The van der Waals surface area contributed by atoms with Gasteiger partial charge in [0.05, 0.1) is 52.9 Å². The predicted octanol–water partition coefficient (Wildman–Crippen LogP) is -18.5. The van der Waals surface area contributed by atoms with Gasteiger partial charge in [0.25, 0.3) is 0 Å². The largest absolute Gasteiger partial charge is 1.00 e. The van der Waals surface area contributed by atoms with Gasteiger partial charge in [-0.1, -0.05) is 60.7 Å². The Morgan fingerprint density at radius 1 is 0.386 bits per heavy atom. The van der Waals surface area contributed by atoms with Crippen molar-refractivity contribution in [2.45, 2.75) is 13.1 Å². The van der Waals surface area contributed by atoms with E-state index in [0.717, 1.165) is 65.7 Å². The fourth-order valence-corrected chi connectivity index (χ4v) is 3.88. The molecule has 0 amide bonds. The van der Waals surface area contributed by atoms with Gasteiger partial charge in [-0.25, -0.2) is 0 Å². The molecule has 1 heterocycles. The number of ether oxygens (including phenoxy) is 4. The van der Waals surface area contributed by atoms with Gasteiger partial charge in [0.1, 0.15) is 39.3 Å². The van der Waals surface area contributed by atoms with Crippen molar-refractivity contribution in [3.05, 3.63) is 71.8 Å². The third-order valence-corrected chi connectivity index (χ3v) is 5.74. The van der Waals surface area contributed by atoms with Crippen LogP contribution in [0.25, 0.3) is 0 Å². The van der Waals surface area contributed by atoms with E-state index in [-0.39, 0.29) is 112 Å². The summed E-state index contributed by atoms with van der Waals surface area (Å²) in [5.41, 5.74) is 2.69. The Morgan fingerprint density at radius 2 is 0.614 bits per heavy atom. The smallest absolute Gasteiger partial charge is 0.103 e. The highest BCUT2D eigenvalue weighted by Gasteiger charge is 2.12. The molecule has 2 aromatic carbocycles. The zero-order chi connectivity index (χ0) is 22.1. The second-order valence-electron chi connectivity index (χ2n) is 8.27. The molecule has 18 heteroatoms. The van der Waals surface area contributed by atoms with Crippen LogP contribution in [0.4, 0.5) is 0 Å². The molecule has 0 aliphatic carbocycles. The monoisotopic (exact) mass is 906 g/mol. The van der Waals surface area contributed by atoms with E-state index in [2.05, 4.69) is 60.7 Å². The maximum atomic E-state index is 5.86. The number of benzene rings is 2. The highest BCUT2D eigenvalue weighted by atomic mass is 79.9. The summed E-state index contributed by atoms with van der Waals surface area (Å²) in [6, 6.07) is 21.3. The summed E-state index contributed by atoms with van der Waals surface area (Å²) in [4.78, 5) is 2.94. The maximum absolute atomic E-state index is 5.86. The van der Waals surface area contributed by atoms with Crippen LogP contribution in [-0.2, 0) is 43.0 Å². The molecule has 14 nitrogen and oxygen atoms in total. The molecule has 1 aliphatic rings. The fraction of sp³-hybridized carbons (Fsp3) is 0.538. The Labute approximate surface area is 302 Å². The molecule has 44 heavy (non-hydrogen) atoms. The van der Waals surface area contributed by atoms with Crippen molar-refractivity contribution in [2.75, 3.05) is 79.0 Å². The summed E-state index contributed by atoms with van der Waals surface area (Å²) >= 11 is 0. The van der Waals surface area contributed by atoms with Crippen molar-refractivity contribution in [1.29, 1.82) is 0 Å². The molecule has 0 saturated carbocycles. The zero-order valence-corrected chi connectivity index (χ0v) is 31.3.